The smallest absolute Gasteiger partial charge is 0.458 e. The van der Waals surface area contributed by atoms with E-state index >= 15 is 0 Å². The number of nitrogens with zero attached hydrogens (tertiary/aromatic N) is 1. The van der Waals surface area contributed by atoms with Crippen LogP contribution in [0, 0.1) is 0 Å². The molecule has 0 aromatic heterocycles. The van der Waals surface area contributed by atoms with Crippen molar-refractivity contribution in [2.24, 2.45) is 0 Å². The highest BCUT2D eigenvalue weighted by Crippen LogP contribution is 2.51. The maximum atomic E-state index is 13.1. The number of carbonyl (C=O) groups is 1. The van der Waals surface area contributed by atoms with Crippen LogP contribution in [-0.2, 0) is 9.53 Å². The van der Waals surface area contributed by atoms with Crippen LogP contribution in [-0.4, -0.2) is 37.7 Å². The maximum absolute atomic E-state index is 13.1. The number of methoxy groups -OCH3 is 1. The Balaban J connectivity index is 2.57. The van der Waals surface area contributed by atoms with E-state index in [4.69, 9.17) is 4.74 Å². The molecule has 0 atom stereocenters. The Morgan fingerprint density at radius 1 is 1.09 bits per heavy atom. The Hall–Kier alpha value is -2.13. The summed E-state index contributed by atoms with van der Waals surface area (Å²) in [5.41, 5.74) is -5.17. The molecule has 0 amide bonds. The average molecular weight is 329 g/mol. The number of benzene rings is 1. The third kappa shape index (κ3) is 2.32. The number of hydrogen-bond acceptors (Lipinski definition) is 4. The van der Waals surface area contributed by atoms with Crippen LogP contribution >= 0.6 is 0 Å². The van der Waals surface area contributed by atoms with Crippen LogP contribution in [0.4, 0.5) is 32.0 Å². The zero-order valence-electron chi connectivity index (χ0n) is 11.0. The fourth-order valence-corrected chi connectivity index (χ4v) is 2.11. The monoisotopic (exact) mass is 329 g/mol. The molecular formula is C12H9F6NO3. The highest BCUT2D eigenvalue weighted by Gasteiger charge is 2.80. The summed E-state index contributed by atoms with van der Waals surface area (Å²) >= 11 is 0. The van der Waals surface area contributed by atoms with Crippen molar-refractivity contribution in [2.75, 3.05) is 18.6 Å². The zero-order valence-corrected chi connectivity index (χ0v) is 11.0. The van der Waals surface area contributed by atoms with Gasteiger partial charge in [-0.15, -0.1) is 0 Å². The molecule has 0 radical (unpaired) electrons. The Morgan fingerprint density at radius 3 is 2.00 bits per heavy atom. The molecule has 1 fully saturated rings. The summed E-state index contributed by atoms with van der Waals surface area (Å²) in [6, 6.07) is 4.31. The number of hydrogen-bond donors (Lipinski definition) is 0. The van der Waals surface area contributed by atoms with Crippen LogP contribution in [0.2, 0.25) is 0 Å². The van der Waals surface area contributed by atoms with Gasteiger partial charge in [0.15, 0.2) is 0 Å². The van der Waals surface area contributed by atoms with Gasteiger partial charge in [0.25, 0.3) is 0 Å². The minimum atomic E-state index is -5.86. The van der Waals surface area contributed by atoms with E-state index in [-0.39, 0.29) is 10.6 Å². The Morgan fingerprint density at radius 2 is 1.59 bits per heavy atom. The molecule has 0 spiro atoms. The molecule has 0 N–H and O–H groups in total. The molecule has 0 unspecified atom stereocenters. The first kappa shape index (κ1) is 16.2. The van der Waals surface area contributed by atoms with E-state index in [1.165, 1.54) is 19.2 Å². The number of alkyl halides is 6. The predicted molar refractivity (Wildman–Crippen MR) is 61.3 cm³/mol. The van der Waals surface area contributed by atoms with Gasteiger partial charge < -0.3 is 14.4 Å². The second kappa shape index (κ2) is 4.96. The number of anilines is 1. The van der Waals surface area contributed by atoms with Gasteiger partial charge >= 0.3 is 24.0 Å². The van der Waals surface area contributed by atoms with Crippen LogP contribution in [0.25, 0.3) is 0 Å². The topological polar surface area (TPSA) is 38.8 Å². The molecule has 1 aromatic carbocycles. The molecule has 1 aliphatic heterocycles. The van der Waals surface area contributed by atoms with Crippen molar-refractivity contribution in [1.82, 2.24) is 0 Å². The highest BCUT2D eigenvalue weighted by molar-refractivity contribution is 5.81. The largest absolute Gasteiger partial charge is 0.497 e. The SMILES string of the molecule is COc1ccc(N2CC(=O)OC2(C(F)(F)F)C(F)(F)F)cc1. The van der Waals surface area contributed by atoms with E-state index in [1.54, 1.807) is 0 Å². The Bertz CT molecular complexity index is 552. The molecule has 0 bridgehead atoms. The second-order valence-electron chi connectivity index (χ2n) is 4.40. The number of rotatable bonds is 2. The molecule has 1 saturated heterocycles. The summed E-state index contributed by atoms with van der Waals surface area (Å²) in [5.74, 6) is -1.38. The van der Waals surface area contributed by atoms with Crippen molar-refractivity contribution in [3.8, 4) is 5.75 Å². The minimum absolute atomic E-state index is 0.158. The van der Waals surface area contributed by atoms with Crippen molar-refractivity contribution in [3.63, 3.8) is 0 Å². The molecule has 0 aliphatic carbocycles. The molecular weight excluding hydrogens is 320 g/mol. The van der Waals surface area contributed by atoms with Gasteiger partial charge in [0.05, 0.1) is 7.11 Å². The van der Waals surface area contributed by atoms with Gasteiger partial charge in [0.1, 0.15) is 12.3 Å². The minimum Gasteiger partial charge on any atom is -0.497 e. The lowest BCUT2D eigenvalue weighted by atomic mass is 10.1. The third-order valence-corrected chi connectivity index (χ3v) is 3.08. The van der Waals surface area contributed by atoms with Crippen LogP contribution in [0.15, 0.2) is 24.3 Å². The first-order valence-electron chi connectivity index (χ1n) is 5.80. The molecule has 1 aromatic rings. The van der Waals surface area contributed by atoms with E-state index in [2.05, 4.69) is 4.74 Å². The van der Waals surface area contributed by atoms with E-state index < -0.39 is 36.3 Å². The summed E-state index contributed by atoms with van der Waals surface area (Å²) < 4.78 is 87.1. The molecule has 122 valence electrons. The lowest BCUT2D eigenvalue weighted by Crippen LogP contribution is -2.66. The van der Waals surface area contributed by atoms with E-state index in [0.717, 1.165) is 12.1 Å². The number of halogens is 6. The molecule has 0 saturated carbocycles. The fraction of sp³-hybridized carbons (Fsp3) is 0.417. The molecule has 10 heteroatoms. The second-order valence-corrected chi connectivity index (χ2v) is 4.40. The molecule has 1 heterocycles. The van der Waals surface area contributed by atoms with Crippen molar-refractivity contribution < 1.29 is 40.6 Å². The van der Waals surface area contributed by atoms with Gasteiger partial charge in [0.2, 0.25) is 0 Å². The van der Waals surface area contributed by atoms with Gasteiger partial charge in [-0.2, -0.15) is 26.3 Å². The molecule has 4 nitrogen and oxygen atoms in total. The fourth-order valence-electron chi connectivity index (χ4n) is 2.11. The summed E-state index contributed by atoms with van der Waals surface area (Å²) in [4.78, 5) is 11.0. The third-order valence-electron chi connectivity index (χ3n) is 3.08. The predicted octanol–water partition coefficient (Wildman–Crippen LogP) is 2.88. The van der Waals surface area contributed by atoms with Crippen molar-refractivity contribution in [2.45, 2.75) is 18.1 Å². The summed E-state index contributed by atoms with van der Waals surface area (Å²) in [6.07, 6.45) is -11.7. The first-order chi connectivity index (χ1) is 10.0. The van der Waals surface area contributed by atoms with Gasteiger partial charge in [-0.05, 0) is 24.3 Å². The van der Waals surface area contributed by atoms with E-state index in [0.29, 0.717) is 0 Å². The zero-order chi connectivity index (χ0) is 16.8. The number of carbonyl (C=O) groups excluding carboxylic acids is 1. The van der Waals surface area contributed by atoms with Crippen molar-refractivity contribution in [1.29, 1.82) is 0 Å². The molecule has 1 aliphatic rings. The van der Waals surface area contributed by atoms with Crippen LogP contribution < -0.4 is 9.64 Å². The quantitative estimate of drug-likeness (QED) is 0.618. The van der Waals surface area contributed by atoms with Gasteiger partial charge in [-0.3, -0.25) is 4.79 Å². The summed E-state index contributed by atoms with van der Waals surface area (Å²) in [7, 11) is 1.28. The maximum Gasteiger partial charge on any atom is 0.458 e. The van der Waals surface area contributed by atoms with Crippen LogP contribution in [0.5, 0.6) is 5.75 Å². The lowest BCUT2D eigenvalue weighted by Gasteiger charge is -2.38. The number of ether oxygens (including phenoxy) is 2. The molecule has 2 rings (SSSR count). The van der Waals surface area contributed by atoms with Gasteiger partial charge in [-0.1, -0.05) is 0 Å². The van der Waals surface area contributed by atoms with E-state index in [1.807, 2.05) is 0 Å². The van der Waals surface area contributed by atoms with E-state index in [9.17, 15) is 31.1 Å². The summed E-state index contributed by atoms with van der Waals surface area (Å²) in [5, 5.41) is 0. The van der Waals surface area contributed by atoms with Crippen molar-refractivity contribution >= 4 is 11.7 Å². The average Bonchev–Trinajstić information content (AvgIpc) is 2.77. The normalized spacial score (nSPS) is 18.3. The van der Waals surface area contributed by atoms with Gasteiger partial charge in [0, 0.05) is 5.69 Å². The first-order valence-corrected chi connectivity index (χ1v) is 5.80. The Labute approximate surface area is 120 Å². The lowest BCUT2D eigenvalue weighted by molar-refractivity contribution is -0.359. The molecule has 22 heavy (non-hydrogen) atoms. The van der Waals surface area contributed by atoms with Gasteiger partial charge in [-0.25, -0.2) is 0 Å². The van der Waals surface area contributed by atoms with Crippen molar-refractivity contribution in [3.05, 3.63) is 24.3 Å². The summed E-state index contributed by atoms with van der Waals surface area (Å²) in [6.45, 7) is -1.18. The van der Waals surface area contributed by atoms with Crippen LogP contribution in [0.3, 0.4) is 0 Å². The van der Waals surface area contributed by atoms with Crippen LogP contribution in [0.1, 0.15) is 0 Å². The highest BCUT2D eigenvalue weighted by atomic mass is 19.4. The standard InChI is InChI=1S/C12H9F6NO3/c1-21-8-4-2-7(3-5-8)19-6-9(20)22-10(19,11(13,14)15)12(16,17)18/h2-5H,6H2,1H3. The number of cyclic esters (lactones) is 1. The Kier molecular flexibility index (Phi) is 3.66. The number of esters is 1.